The molecular formula is C16H19ClN4O. The Morgan fingerprint density at radius 2 is 2.32 bits per heavy atom. The van der Waals surface area contributed by atoms with Crippen LogP contribution in [0.3, 0.4) is 0 Å². The highest BCUT2D eigenvalue weighted by Gasteiger charge is 2.27. The molecule has 0 radical (unpaired) electrons. The molecule has 1 atom stereocenters. The van der Waals surface area contributed by atoms with Crippen molar-refractivity contribution in [1.29, 1.82) is 0 Å². The molecule has 116 valence electrons. The van der Waals surface area contributed by atoms with Crippen LogP contribution in [-0.2, 0) is 17.9 Å². The summed E-state index contributed by atoms with van der Waals surface area (Å²) < 4.78 is 1.98. The maximum Gasteiger partial charge on any atom is 0.221 e. The third-order valence-electron chi connectivity index (χ3n) is 3.95. The molecule has 1 aromatic heterocycles. The van der Waals surface area contributed by atoms with E-state index in [1.165, 1.54) is 5.56 Å². The van der Waals surface area contributed by atoms with Crippen molar-refractivity contribution >= 4 is 17.5 Å². The first-order valence-electron chi connectivity index (χ1n) is 7.35. The first-order chi connectivity index (χ1) is 10.7. The summed E-state index contributed by atoms with van der Waals surface area (Å²) in [6.45, 7) is 2.45. The van der Waals surface area contributed by atoms with E-state index in [9.17, 15) is 4.79 Å². The van der Waals surface area contributed by atoms with Crippen molar-refractivity contribution in [2.75, 3.05) is 13.6 Å². The molecule has 0 bridgehead atoms. The monoisotopic (exact) mass is 318 g/mol. The van der Waals surface area contributed by atoms with E-state index in [0.717, 1.165) is 30.4 Å². The maximum absolute atomic E-state index is 11.7. The van der Waals surface area contributed by atoms with Gasteiger partial charge in [-0.3, -0.25) is 14.4 Å². The molecule has 3 rings (SSSR count). The molecule has 1 N–H and O–H groups in total. The molecule has 0 saturated heterocycles. The number of nitrogens with one attached hydrogen (secondary N) is 1. The van der Waals surface area contributed by atoms with Gasteiger partial charge in [-0.05, 0) is 23.8 Å². The van der Waals surface area contributed by atoms with Gasteiger partial charge in [-0.1, -0.05) is 23.7 Å². The Labute approximate surface area is 134 Å². The minimum absolute atomic E-state index is 0.0380. The average molecular weight is 319 g/mol. The van der Waals surface area contributed by atoms with Crippen molar-refractivity contribution in [3.05, 3.63) is 52.8 Å². The van der Waals surface area contributed by atoms with Crippen LogP contribution < -0.4 is 5.32 Å². The number of carbonyl (C=O) groups is 1. The topological polar surface area (TPSA) is 50.2 Å². The Kier molecular flexibility index (Phi) is 4.45. The summed E-state index contributed by atoms with van der Waals surface area (Å²) in [5, 5.41) is 7.81. The Hall–Kier alpha value is -1.85. The molecule has 1 unspecified atom stereocenters. The van der Waals surface area contributed by atoms with Crippen LogP contribution in [0.1, 0.15) is 23.7 Å². The summed E-state index contributed by atoms with van der Waals surface area (Å²) in [4.78, 5) is 14.1. The molecule has 2 heterocycles. The van der Waals surface area contributed by atoms with E-state index in [1.54, 1.807) is 13.2 Å². The molecule has 1 aromatic carbocycles. The summed E-state index contributed by atoms with van der Waals surface area (Å²) in [6, 6.07) is 9.99. The lowest BCUT2D eigenvalue weighted by Gasteiger charge is -2.33. The summed E-state index contributed by atoms with van der Waals surface area (Å²) in [7, 11) is 1.67. The minimum atomic E-state index is 0.0380. The van der Waals surface area contributed by atoms with Gasteiger partial charge >= 0.3 is 0 Å². The molecule has 1 amide bonds. The normalized spacial score (nSPS) is 18.0. The van der Waals surface area contributed by atoms with E-state index in [1.807, 2.05) is 28.9 Å². The van der Waals surface area contributed by atoms with Crippen molar-refractivity contribution < 1.29 is 4.79 Å². The lowest BCUT2D eigenvalue weighted by molar-refractivity contribution is -0.121. The van der Waals surface area contributed by atoms with Crippen molar-refractivity contribution in [2.45, 2.75) is 25.6 Å². The number of amides is 1. The molecule has 0 fully saturated rings. The molecule has 0 saturated carbocycles. The molecule has 0 aliphatic carbocycles. The second-order valence-electron chi connectivity index (χ2n) is 5.60. The van der Waals surface area contributed by atoms with Gasteiger partial charge in [0, 0.05) is 37.9 Å². The number of carbonyl (C=O) groups excluding carboxylic acids is 1. The molecular weight excluding hydrogens is 300 g/mol. The van der Waals surface area contributed by atoms with Crippen LogP contribution in [0.2, 0.25) is 5.02 Å². The molecule has 1 aliphatic rings. The highest BCUT2D eigenvalue weighted by molar-refractivity contribution is 6.30. The lowest BCUT2D eigenvalue weighted by atomic mass is 10.1. The van der Waals surface area contributed by atoms with Crippen molar-refractivity contribution in [1.82, 2.24) is 20.0 Å². The number of halogens is 1. The molecule has 2 aromatic rings. The smallest absolute Gasteiger partial charge is 0.221 e. The number of rotatable bonds is 4. The number of nitrogens with zero attached hydrogens (tertiary/aromatic N) is 3. The predicted octanol–water partition coefficient (Wildman–Crippen LogP) is 2.23. The van der Waals surface area contributed by atoms with E-state index in [2.05, 4.69) is 21.4 Å². The SMILES string of the molecule is CNC(=O)CC1CN(Cc2cccc(Cl)c2)Cc2ccnn21. The van der Waals surface area contributed by atoms with Gasteiger partial charge in [0.1, 0.15) is 0 Å². The van der Waals surface area contributed by atoms with Gasteiger partial charge in [0.25, 0.3) is 0 Å². The van der Waals surface area contributed by atoms with Crippen molar-refractivity contribution in [2.24, 2.45) is 0 Å². The standard InChI is InChI=1S/C16H19ClN4O/c1-18-16(22)8-15-11-20(10-14-5-6-19-21(14)15)9-12-3-2-4-13(17)7-12/h2-7,15H,8-11H2,1H3,(H,18,22). The molecule has 0 spiro atoms. The largest absolute Gasteiger partial charge is 0.359 e. The van der Waals surface area contributed by atoms with E-state index in [4.69, 9.17) is 11.6 Å². The third kappa shape index (κ3) is 3.31. The number of benzene rings is 1. The van der Waals surface area contributed by atoms with Crippen LogP contribution in [0.4, 0.5) is 0 Å². The van der Waals surface area contributed by atoms with Gasteiger partial charge in [-0.15, -0.1) is 0 Å². The number of hydrogen-bond acceptors (Lipinski definition) is 3. The van der Waals surface area contributed by atoms with Gasteiger partial charge in [0.15, 0.2) is 0 Å². The summed E-state index contributed by atoms with van der Waals surface area (Å²) >= 11 is 6.06. The molecule has 1 aliphatic heterocycles. The Bertz CT molecular complexity index is 670. The van der Waals surface area contributed by atoms with Crippen LogP contribution in [0, 0.1) is 0 Å². The number of hydrogen-bond donors (Lipinski definition) is 1. The Balaban J connectivity index is 1.76. The zero-order chi connectivity index (χ0) is 15.5. The third-order valence-corrected chi connectivity index (χ3v) is 4.18. The zero-order valence-corrected chi connectivity index (χ0v) is 13.3. The number of fused-ring (bicyclic) bond motifs is 1. The molecule has 22 heavy (non-hydrogen) atoms. The van der Waals surface area contributed by atoms with E-state index in [-0.39, 0.29) is 11.9 Å². The Morgan fingerprint density at radius 3 is 3.09 bits per heavy atom. The summed E-state index contributed by atoms with van der Waals surface area (Å²) in [6.07, 6.45) is 2.24. The van der Waals surface area contributed by atoms with Crippen LogP contribution in [0.5, 0.6) is 0 Å². The predicted molar refractivity (Wildman–Crippen MR) is 85.5 cm³/mol. The quantitative estimate of drug-likeness (QED) is 0.940. The van der Waals surface area contributed by atoms with Crippen molar-refractivity contribution in [3.63, 3.8) is 0 Å². The first-order valence-corrected chi connectivity index (χ1v) is 7.73. The van der Waals surface area contributed by atoms with E-state index >= 15 is 0 Å². The van der Waals surface area contributed by atoms with Gasteiger partial charge in [0.2, 0.25) is 5.91 Å². The minimum Gasteiger partial charge on any atom is -0.359 e. The van der Waals surface area contributed by atoms with Gasteiger partial charge in [0.05, 0.1) is 18.2 Å². The van der Waals surface area contributed by atoms with Crippen LogP contribution >= 0.6 is 11.6 Å². The van der Waals surface area contributed by atoms with Gasteiger partial charge in [-0.2, -0.15) is 5.10 Å². The van der Waals surface area contributed by atoms with Crippen molar-refractivity contribution in [3.8, 4) is 0 Å². The summed E-state index contributed by atoms with van der Waals surface area (Å²) in [5.41, 5.74) is 2.32. The summed E-state index contributed by atoms with van der Waals surface area (Å²) in [5.74, 6) is 0.0380. The zero-order valence-electron chi connectivity index (χ0n) is 12.5. The van der Waals surface area contributed by atoms with E-state index in [0.29, 0.717) is 6.42 Å². The number of aromatic nitrogens is 2. The first kappa shape index (κ1) is 15.1. The maximum atomic E-state index is 11.7. The highest BCUT2D eigenvalue weighted by atomic mass is 35.5. The van der Waals surface area contributed by atoms with Crippen LogP contribution in [-0.4, -0.2) is 34.2 Å². The van der Waals surface area contributed by atoms with Gasteiger partial charge < -0.3 is 5.32 Å². The highest BCUT2D eigenvalue weighted by Crippen LogP contribution is 2.24. The second-order valence-corrected chi connectivity index (χ2v) is 6.03. The Morgan fingerprint density at radius 1 is 1.45 bits per heavy atom. The average Bonchev–Trinajstić information content (AvgIpc) is 2.95. The van der Waals surface area contributed by atoms with E-state index < -0.39 is 0 Å². The van der Waals surface area contributed by atoms with Crippen LogP contribution in [0.25, 0.3) is 0 Å². The van der Waals surface area contributed by atoms with Gasteiger partial charge in [-0.25, -0.2) is 0 Å². The fourth-order valence-electron chi connectivity index (χ4n) is 2.95. The fraction of sp³-hybridized carbons (Fsp3) is 0.375. The molecule has 6 heteroatoms. The lowest BCUT2D eigenvalue weighted by Crippen LogP contribution is -2.39. The fourth-order valence-corrected chi connectivity index (χ4v) is 3.16. The second kappa shape index (κ2) is 6.50. The molecule has 5 nitrogen and oxygen atoms in total. The van der Waals surface area contributed by atoms with Crippen LogP contribution in [0.15, 0.2) is 36.5 Å².